The maximum Gasteiger partial charge on any atom is 0.0957 e. The summed E-state index contributed by atoms with van der Waals surface area (Å²) in [5.74, 6) is 0.804. The van der Waals surface area contributed by atoms with Crippen molar-refractivity contribution in [3.63, 3.8) is 0 Å². The Kier molecular flexibility index (Phi) is 1.76. The second kappa shape index (κ2) is 3.02. The second-order valence-corrected chi connectivity index (χ2v) is 7.11. The molecule has 2 nitrogen and oxygen atoms in total. The maximum atomic E-state index is 4.32. The summed E-state index contributed by atoms with van der Waals surface area (Å²) in [7, 11) is 0. The Bertz CT molecular complexity index is 530. The minimum absolute atomic E-state index is 0.547. The fraction of sp³-hybridized carbons (Fsp3) is 0.500. The molecule has 1 aliphatic carbocycles. The highest BCUT2D eigenvalue weighted by Gasteiger charge is 2.45. The van der Waals surface area contributed by atoms with Gasteiger partial charge in [-0.25, -0.2) is 4.98 Å². The topological polar surface area (TPSA) is 17.8 Å². The summed E-state index contributed by atoms with van der Waals surface area (Å²) in [6, 6.07) is 2.81. The second-order valence-electron chi connectivity index (χ2n) is 6.16. The molecule has 1 atom stereocenters. The lowest BCUT2D eigenvalue weighted by molar-refractivity contribution is 0.0690. The summed E-state index contributed by atoms with van der Waals surface area (Å²) in [6.07, 6.45) is 6.70. The summed E-state index contributed by atoms with van der Waals surface area (Å²) in [5.41, 5.74) is 3.28. The number of rotatable bonds is 1. The van der Waals surface area contributed by atoms with Gasteiger partial charge in [0, 0.05) is 10.4 Å². The van der Waals surface area contributed by atoms with Crippen molar-refractivity contribution in [3.05, 3.63) is 28.8 Å². The molecule has 1 fully saturated rings. The van der Waals surface area contributed by atoms with Crippen molar-refractivity contribution in [2.45, 2.75) is 32.7 Å². The van der Waals surface area contributed by atoms with Gasteiger partial charge in [-0.05, 0) is 35.6 Å². The van der Waals surface area contributed by atoms with Gasteiger partial charge in [0.05, 0.1) is 24.3 Å². The zero-order chi connectivity index (χ0) is 11.6. The Morgan fingerprint density at radius 3 is 3.00 bits per heavy atom. The van der Waals surface area contributed by atoms with Crippen molar-refractivity contribution in [1.29, 1.82) is 0 Å². The van der Waals surface area contributed by atoms with Crippen LogP contribution in [-0.4, -0.2) is 9.55 Å². The largest absolute Gasteiger partial charge is 0.322 e. The van der Waals surface area contributed by atoms with Gasteiger partial charge in [0.15, 0.2) is 0 Å². The maximum absolute atomic E-state index is 4.32. The molecule has 2 aromatic rings. The lowest BCUT2D eigenvalue weighted by Gasteiger charge is -2.45. The van der Waals surface area contributed by atoms with E-state index in [0.717, 1.165) is 5.92 Å². The summed E-state index contributed by atoms with van der Waals surface area (Å²) < 4.78 is 2.39. The van der Waals surface area contributed by atoms with E-state index >= 15 is 0 Å². The molecule has 4 rings (SSSR count). The number of fused-ring (bicyclic) bond motifs is 3. The van der Waals surface area contributed by atoms with Crippen molar-refractivity contribution in [2.75, 3.05) is 0 Å². The smallest absolute Gasteiger partial charge is 0.0957 e. The van der Waals surface area contributed by atoms with E-state index in [1.807, 2.05) is 23.9 Å². The predicted molar refractivity (Wildman–Crippen MR) is 70.2 cm³/mol. The summed E-state index contributed by atoms with van der Waals surface area (Å²) in [6.45, 7) is 4.76. The third-order valence-corrected chi connectivity index (χ3v) is 5.27. The molecule has 2 aliphatic rings. The van der Waals surface area contributed by atoms with Crippen LogP contribution in [0.3, 0.4) is 0 Å². The summed E-state index contributed by atoms with van der Waals surface area (Å²) >= 11 is 1.91. The minimum atomic E-state index is 0.547. The van der Waals surface area contributed by atoms with E-state index in [9.17, 15) is 0 Å². The van der Waals surface area contributed by atoms with Gasteiger partial charge in [-0.2, -0.15) is 0 Å². The van der Waals surface area contributed by atoms with Crippen LogP contribution in [0.2, 0.25) is 0 Å². The SMILES string of the molecule is CC1(C)CC([C@@H]2c3sccc3-c3cncn32)C1. The molecule has 1 saturated carbocycles. The molecular weight excluding hydrogens is 228 g/mol. The van der Waals surface area contributed by atoms with Gasteiger partial charge in [-0.1, -0.05) is 13.8 Å². The van der Waals surface area contributed by atoms with Gasteiger partial charge in [0.2, 0.25) is 0 Å². The molecule has 88 valence electrons. The van der Waals surface area contributed by atoms with E-state index in [0.29, 0.717) is 11.5 Å². The van der Waals surface area contributed by atoms with E-state index in [2.05, 4.69) is 34.8 Å². The van der Waals surface area contributed by atoms with Crippen molar-refractivity contribution in [1.82, 2.24) is 9.55 Å². The lowest BCUT2D eigenvalue weighted by atomic mass is 9.62. The summed E-state index contributed by atoms with van der Waals surface area (Å²) in [5, 5.41) is 2.22. The normalized spacial score (nSPS) is 25.4. The number of hydrogen-bond acceptors (Lipinski definition) is 2. The van der Waals surface area contributed by atoms with E-state index < -0.39 is 0 Å². The standard InChI is InChI=1S/C14H16N2S/c1-14(2)5-9(6-14)12-13-10(3-4-17-13)11-7-15-8-16(11)12/h3-4,7-9,12H,5-6H2,1-2H3/t12-/m1/s1. The van der Waals surface area contributed by atoms with Gasteiger partial charge in [0.25, 0.3) is 0 Å². The molecule has 0 radical (unpaired) electrons. The number of aromatic nitrogens is 2. The molecular formula is C14H16N2S. The Hall–Kier alpha value is -1.09. The van der Waals surface area contributed by atoms with Crippen LogP contribution in [0.1, 0.15) is 37.6 Å². The molecule has 0 amide bonds. The first-order valence-electron chi connectivity index (χ1n) is 6.25. The van der Waals surface area contributed by atoms with Crippen molar-refractivity contribution >= 4 is 11.3 Å². The minimum Gasteiger partial charge on any atom is -0.322 e. The Labute approximate surface area is 105 Å². The quantitative estimate of drug-likeness (QED) is 0.742. The molecule has 0 aromatic carbocycles. The van der Waals surface area contributed by atoms with Crippen LogP contribution >= 0.6 is 11.3 Å². The van der Waals surface area contributed by atoms with E-state index in [1.165, 1.54) is 24.1 Å². The number of nitrogens with zero attached hydrogens (tertiary/aromatic N) is 2. The summed E-state index contributed by atoms with van der Waals surface area (Å²) in [4.78, 5) is 5.88. The van der Waals surface area contributed by atoms with Gasteiger partial charge in [-0.3, -0.25) is 0 Å². The molecule has 0 bridgehead atoms. The van der Waals surface area contributed by atoms with Gasteiger partial charge in [0.1, 0.15) is 0 Å². The van der Waals surface area contributed by atoms with Crippen molar-refractivity contribution in [2.24, 2.45) is 11.3 Å². The van der Waals surface area contributed by atoms with Gasteiger partial charge >= 0.3 is 0 Å². The molecule has 17 heavy (non-hydrogen) atoms. The number of imidazole rings is 1. The Balaban J connectivity index is 1.78. The fourth-order valence-electron chi connectivity index (χ4n) is 3.65. The van der Waals surface area contributed by atoms with Crippen molar-refractivity contribution < 1.29 is 0 Å². The third-order valence-electron chi connectivity index (χ3n) is 4.28. The van der Waals surface area contributed by atoms with E-state index in [1.54, 1.807) is 4.88 Å². The molecule has 0 saturated heterocycles. The molecule has 1 aliphatic heterocycles. The number of thiophene rings is 1. The first-order valence-corrected chi connectivity index (χ1v) is 7.13. The molecule has 0 spiro atoms. The van der Waals surface area contributed by atoms with Crippen LogP contribution in [-0.2, 0) is 0 Å². The molecule has 0 N–H and O–H groups in total. The highest BCUT2D eigenvalue weighted by atomic mass is 32.1. The highest BCUT2D eigenvalue weighted by Crippen LogP contribution is 2.56. The molecule has 0 unspecified atom stereocenters. The van der Waals surface area contributed by atoms with Crippen LogP contribution < -0.4 is 0 Å². The zero-order valence-corrected chi connectivity index (χ0v) is 11.0. The van der Waals surface area contributed by atoms with Crippen LogP contribution in [0, 0.1) is 11.3 Å². The van der Waals surface area contributed by atoms with Gasteiger partial charge in [-0.15, -0.1) is 11.3 Å². The van der Waals surface area contributed by atoms with Crippen LogP contribution in [0.25, 0.3) is 11.3 Å². The Morgan fingerprint density at radius 2 is 2.24 bits per heavy atom. The zero-order valence-electron chi connectivity index (χ0n) is 10.2. The van der Waals surface area contributed by atoms with E-state index in [4.69, 9.17) is 0 Å². The molecule has 3 heteroatoms. The van der Waals surface area contributed by atoms with Gasteiger partial charge < -0.3 is 4.57 Å². The molecule has 2 aromatic heterocycles. The van der Waals surface area contributed by atoms with Crippen LogP contribution in [0.15, 0.2) is 24.0 Å². The predicted octanol–water partition coefficient (Wildman–Crippen LogP) is 3.95. The first-order chi connectivity index (χ1) is 8.16. The third kappa shape index (κ3) is 1.23. The lowest BCUT2D eigenvalue weighted by Crippen LogP contribution is -2.36. The van der Waals surface area contributed by atoms with Crippen molar-refractivity contribution in [3.8, 4) is 11.3 Å². The first kappa shape index (κ1) is 9.89. The highest BCUT2D eigenvalue weighted by molar-refractivity contribution is 7.10. The molecule has 3 heterocycles. The van der Waals surface area contributed by atoms with E-state index in [-0.39, 0.29) is 0 Å². The Morgan fingerprint density at radius 1 is 1.41 bits per heavy atom. The average molecular weight is 244 g/mol. The fourth-order valence-corrected chi connectivity index (χ4v) is 4.74. The number of hydrogen-bond donors (Lipinski definition) is 0. The monoisotopic (exact) mass is 244 g/mol. The average Bonchev–Trinajstić information content (AvgIpc) is 2.82. The van der Waals surface area contributed by atoms with Crippen LogP contribution in [0.4, 0.5) is 0 Å². The van der Waals surface area contributed by atoms with Crippen LogP contribution in [0.5, 0.6) is 0 Å².